The zero-order valence-corrected chi connectivity index (χ0v) is 18.0. The number of hydrogen-bond acceptors (Lipinski definition) is 6. The minimum Gasteiger partial charge on any atom is -0.488 e. The van der Waals surface area contributed by atoms with E-state index in [0.717, 1.165) is 57.3 Å². The fourth-order valence-electron chi connectivity index (χ4n) is 4.15. The van der Waals surface area contributed by atoms with Gasteiger partial charge in [-0.3, -0.25) is 4.79 Å². The Balaban J connectivity index is 0.00000256. The van der Waals surface area contributed by atoms with Crippen molar-refractivity contribution >= 4 is 24.0 Å². The molecule has 164 valence electrons. The first-order valence-corrected chi connectivity index (χ1v) is 10.5. The number of anilines is 1. The summed E-state index contributed by atoms with van der Waals surface area (Å²) in [6, 6.07) is 7.52. The standard InChI is InChI=1S/C21H29N5O3.ClH/c1-14-20(24-25-26(14)16-10-12-22-13-11-16)21(28)23-15-6-8-17(9-7-15)29-19-5-3-2-4-18(19)27;/h6-9,16,18-19,22,27H,2-5,10-13H2,1H3,(H,23,28);1H. The average Bonchev–Trinajstić information content (AvgIpc) is 3.13. The molecule has 1 aliphatic carbocycles. The minimum absolute atomic E-state index is 0. The van der Waals surface area contributed by atoms with Crippen molar-refractivity contribution in [1.29, 1.82) is 0 Å². The molecule has 30 heavy (non-hydrogen) atoms. The van der Waals surface area contributed by atoms with Crippen molar-refractivity contribution in [1.82, 2.24) is 20.3 Å². The monoisotopic (exact) mass is 435 g/mol. The van der Waals surface area contributed by atoms with Gasteiger partial charge in [0.25, 0.3) is 5.91 Å². The van der Waals surface area contributed by atoms with Gasteiger partial charge in [0.1, 0.15) is 11.9 Å². The van der Waals surface area contributed by atoms with Gasteiger partial charge in [0.15, 0.2) is 5.69 Å². The van der Waals surface area contributed by atoms with Gasteiger partial charge in [0.2, 0.25) is 0 Å². The first-order valence-electron chi connectivity index (χ1n) is 10.5. The molecule has 1 aliphatic heterocycles. The normalized spacial score (nSPS) is 22.2. The van der Waals surface area contributed by atoms with Crippen LogP contribution in [-0.2, 0) is 0 Å². The van der Waals surface area contributed by atoms with Gasteiger partial charge in [-0.15, -0.1) is 17.5 Å². The lowest BCUT2D eigenvalue weighted by Crippen LogP contribution is -2.34. The van der Waals surface area contributed by atoms with Crippen LogP contribution < -0.4 is 15.4 Å². The number of piperidine rings is 1. The van der Waals surface area contributed by atoms with Crippen LogP contribution >= 0.6 is 12.4 Å². The van der Waals surface area contributed by atoms with Crippen LogP contribution in [0.5, 0.6) is 5.75 Å². The molecule has 0 bridgehead atoms. The first kappa shape index (κ1) is 22.5. The maximum atomic E-state index is 12.7. The third-order valence-electron chi connectivity index (χ3n) is 5.86. The zero-order valence-electron chi connectivity index (χ0n) is 17.2. The van der Waals surface area contributed by atoms with Gasteiger partial charge in [-0.2, -0.15) is 0 Å². The molecule has 2 aromatic rings. The molecule has 2 aliphatic rings. The fraction of sp³-hybridized carbons (Fsp3) is 0.571. The summed E-state index contributed by atoms with van der Waals surface area (Å²) in [4.78, 5) is 12.7. The number of aliphatic hydroxyl groups is 1. The van der Waals surface area contributed by atoms with E-state index < -0.39 is 6.10 Å². The quantitative estimate of drug-likeness (QED) is 0.667. The number of nitrogens with zero attached hydrogens (tertiary/aromatic N) is 3. The molecular weight excluding hydrogens is 406 g/mol. The molecule has 2 fully saturated rings. The Kier molecular flexibility index (Phi) is 7.69. The van der Waals surface area contributed by atoms with E-state index in [1.807, 2.05) is 23.7 Å². The van der Waals surface area contributed by atoms with E-state index in [0.29, 0.717) is 17.1 Å². The summed E-state index contributed by atoms with van der Waals surface area (Å²) in [6.45, 7) is 3.80. The predicted octanol–water partition coefficient (Wildman–Crippen LogP) is 2.87. The summed E-state index contributed by atoms with van der Waals surface area (Å²) >= 11 is 0. The zero-order chi connectivity index (χ0) is 20.2. The molecule has 1 aromatic heterocycles. The molecular formula is C21H30ClN5O3. The second-order valence-corrected chi connectivity index (χ2v) is 7.94. The number of amides is 1. The molecule has 1 saturated carbocycles. The summed E-state index contributed by atoms with van der Waals surface area (Å²) in [5.41, 5.74) is 1.82. The molecule has 2 heterocycles. The van der Waals surface area contributed by atoms with E-state index in [2.05, 4.69) is 20.9 Å². The molecule has 1 aromatic carbocycles. The van der Waals surface area contributed by atoms with Crippen LogP contribution in [0.3, 0.4) is 0 Å². The Morgan fingerprint density at radius 2 is 1.87 bits per heavy atom. The first-order chi connectivity index (χ1) is 14.1. The van der Waals surface area contributed by atoms with Gasteiger partial charge in [0, 0.05) is 5.69 Å². The summed E-state index contributed by atoms with van der Waals surface area (Å²) in [6.07, 6.45) is 5.19. The van der Waals surface area contributed by atoms with Gasteiger partial charge in [-0.05, 0) is 76.4 Å². The van der Waals surface area contributed by atoms with Crippen LogP contribution in [0.25, 0.3) is 0 Å². The molecule has 8 nitrogen and oxygen atoms in total. The van der Waals surface area contributed by atoms with Gasteiger partial charge < -0.3 is 20.5 Å². The summed E-state index contributed by atoms with van der Waals surface area (Å²) in [5, 5.41) is 24.6. The third-order valence-corrected chi connectivity index (χ3v) is 5.86. The van der Waals surface area contributed by atoms with Crippen molar-refractivity contribution in [2.45, 2.75) is 63.7 Å². The number of aliphatic hydroxyl groups excluding tert-OH is 1. The van der Waals surface area contributed by atoms with Crippen LogP contribution in [0.1, 0.15) is 60.7 Å². The van der Waals surface area contributed by atoms with Crippen molar-refractivity contribution < 1.29 is 14.6 Å². The Hall–Kier alpha value is -2.16. The topological polar surface area (TPSA) is 101 Å². The lowest BCUT2D eigenvalue weighted by Gasteiger charge is -2.28. The number of carbonyl (C=O) groups is 1. The number of benzene rings is 1. The van der Waals surface area contributed by atoms with E-state index in [1.54, 1.807) is 12.1 Å². The molecule has 2 atom stereocenters. The lowest BCUT2D eigenvalue weighted by molar-refractivity contribution is 0.00688. The van der Waals surface area contributed by atoms with E-state index >= 15 is 0 Å². The highest BCUT2D eigenvalue weighted by Gasteiger charge is 2.25. The Morgan fingerprint density at radius 1 is 1.17 bits per heavy atom. The van der Waals surface area contributed by atoms with Crippen molar-refractivity contribution in [2.24, 2.45) is 0 Å². The molecule has 1 amide bonds. The number of aromatic nitrogens is 3. The van der Waals surface area contributed by atoms with Crippen LogP contribution in [-0.4, -0.2) is 51.3 Å². The van der Waals surface area contributed by atoms with Crippen LogP contribution in [0, 0.1) is 6.92 Å². The smallest absolute Gasteiger partial charge is 0.278 e. The molecule has 1 saturated heterocycles. The summed E-state index contributed by atoms with van der Waals surface area (Å²) in [7, 11) is 0. The fourth-order valence-corrected chi connectivity index (χ4v) is 4.15. The van der Waals surface area contributed by atoms with Crippen LogP contribution in [0.2, 0.25) is 0 Å². The van der Waals surface area contributed by atoms with Gasteiger partial charge in [-0.25, -0.2) is 4.68 Å². The van der Waals surface area contributed by atoms with E-state index in [-0.39, 0.29) is 30.5 Å². The Morgan fingerprint density at radius 3 is 2.57 bits per heavy atom. The van der Waals surface area contributed by atoms with Crippen molar-refractivity contribution in [3.8, 4) is 5.75 Å². The Bertz CT molecular complexity index is 836. The number of rotatable bonds is 5. The Labute approximate surface area is 182 Å². The van der Waals surface area contributed by atoms with E-state index in [4.69, 9.17) is 4.74 Å². The molecule has 9 heteroatoms. The SMILES string of the molecule is Cc1c(C(=O)Nc2ccc(OC3CCCCC3O)cc2)nnn1C1CCNCC1.Cl. The highest BCUT2D eigenvalue weighted by Crippen LogP contribution is 2.25. The van der Waals surface area contributed by atoms with Crippen molar-refractivity contribution in [3.63, 3.8) is 0 Å². The van der Waals surface area contributed by atoms with Crippen molar-refractivity contribution in [3.05, 3.63) is 35.7 Å². The number of carbonyl (C=O) groups excluding carboxylic acids is 1. The maximum Gasteiger partial charge on any atom is 0.278 e. The van der Waals surface area contributed by atoms with E-state index in [9.17, 15) is 9.90 Å². The number of hydrogen-bond donors (Lipinski definition) is 3. The number of nitrogens with one attached hydrogen (secondary N) is 2. The second kappa shape index (κ2) is 10.2. The van der Waals surface area contributed by atoms with E-state index in [1.165, 1.54) is 0 Å². The number of halogens is 1. The van der Waals surface area contributed by atoms with Crippen LogP contribution in [0.15, 0.2) is 24.3 Å². The molecule has 2 unspecified atom stereocenters. The third kappa shape index (κ3) is 5.11. The summed E-state index contributed by atoms with van der Waals surface area (Å²) < 4.78 is 7.79. The predicted molar refractivity (Wildman–Crippen MR) is 116 cm³/mol. The van der Waals surface area contributed by atoms with Gasteiger partial charge in [-0.1, -0.05) is 11.6 Å². The highest BCUT2D eigenvalue weighted by atomic mass is 35.5. The molecule has 0 spiro atoms. The maximum absolute atomic E-state index is 12.7. The molecule has 4 rings (SSSR count). The second-order valence-electron chi connectivity index (χ2n) is 7.94. The van der Waals surface area contributed by atoms with Gasteiger partial charge >= 0.3 is 0 Å². The van der Waals surface area contributed by atoms with Gasteiger partial charge in [0.05, 0.1) is 17.8 Å². The molecule has 3 N–H and O–H groups in total. The molecule has 0 radical (unpaired) electrons. The summed E-state index contributed by atoms with van der Waals surface area (Å²) in [5.74, 6) is 0.432. The lowest BCUT2D eigenvalue weighted by atomic mass is 9.95. The number of ether oxygens (including phenoxy) is 1. The largest absolute Gasteiger partial charge is 0.488 e. The van der Waals surface area contributed by atoms with Crippen LogP contribution in [0.4, 0.5) is 5.69 Å². The average molecular weight is 436 g/mol. The minimum atomic E-state index is -0.409. The van der Waals surface area contributed by atoms with Crippen molar-refractivity contribution in [2.75, 3.05) is 18.4 Å². The highest BCUT2D eigenvalue weighted by molar-refractivity contribution is 6.03.